The van der Waals surface area contributed by atoms with Crippen LogP contribution in [0.25, 0.3) is 0 Å². The Bertz CT molecular complexity index is 408. The van der Waals surface area contributed by atoms with E-state index in [4.69, 9.17) is 0 Å². The van der Waals surface area contributed by atoms with Crippen LogP contribution >= 0.6 is 12.4 Å². The molecule has 3 heterocycles. The molecule has 98 valence electrons. The van der Waals surface area contributed by atoms with Crippen molar-refractivity contribution in [1.82, 2.24) is 15.2 Å². The topological polar surface area (TPSA) is 45.2 Å². The molecule has 4 nitrogen and oxygen atoms in total. The summed E-state index contributed by atoms with van der Waals surface area (Å²) in [6.45, 7) is 2.60. The molecule has 18 heavy (non-hydrogen) atoms. The van der Waals surface area contributed by atoms with Gasteiger partial charge in [0, 0.05) is 32.0 Å². The summed E-state index contributed by atoms with van der Waals surface area (Å²) in [5.74, 6) is 0.528. The third kappa shape index (κ3) is 2.35. The summed E-state index contributed by atoms with van der Waals surface area (Å²) >= 11 is 0. The number of carbonyl (C=O) groups is 1. The molecule has 0 bridgehead atoms. The number of nitrogens with one attached hydrogen (secondary N) is 1. The van der Waals surface area contributed by atoms with Gasteiger partial charge in [-0.25, -0.2) is 0 Å². The summed E-state index contributed by atoms with van der Waals surface area (Å²) in [4.78, 5) is 18.4. The first-order chi connectivity index (χ1) is 8.36. The number of pyridine rings is 1. The van der Waals surface area contributed by atoms with E-state index in [0.29, 0.717) is 5.91 Å². The highest BCUT2D eigenvalue weighted by Crippen LogP contribution is 2.33. The average molecular weight is 268 g/mol. The van der Waals surface area contributed by atoms with Gasteiger partial charge < -0.3 is 10.2 Å². The summed E-state index contributed by atoms with van der Waals surface area (Å²) in [5, 5.41) is 3.16. The second-order valence-corrected chi connectivity index (χ2v) is 4.83. The van der Waals surface area contributed by atoms with Crippen molar-refractivity contribution in [2.24, 2.45) is 5.92 Å². The van der Waals surface area contributed by atoms with Gasteiger partial charge in [-0.2, -0.15) is 0 Å². The Morgan fingerprint density at radius 1 is 1.33 bits per heavy atom. The Balaban J connectivity index is 0.00000120. The number of carbonyl (C=O) groups excluding carboxylic acids is 1. The van der Waals surface area contributed by atoms with E-state index in [1.807, 2.05) is 12.1 Å². The highest BCUT2D eigenvalue weighted by molar-refractivity contribution is 5.85. The molecule has 1 N–H and O–H groups in total. The standard InChI is InChI=1S/C13H17N3O.ClH/c17-13(11-8-15-9-11)16-7-1-2-12(16)10-3-5-14-6-4-10;/h3-6,11-12,15H,1-2,7-9H2;1H. The first-order valence-corrected chi connectivity index (χ1v) is 6.27. The van der Waals surface area contributed by atoms with Crippen LogP contribution < -0.4 is 5.32 Å². The molecule has 0 aliphatic carbocycles. The lowest BCUT2D eigenvalue weighted by Crippen LogP contribution is -2.51. The van der Waals surface area contributed by atoms with E-state index < -0.39 is 0 Å². The number of halogens is 1. The predicted molar refractivity (Wildman–Crippen MR) is 71.5 cm³/mol. The van der Waals surface area contributed by atoms with Crippen molar-refractivity contribution in [1.29, 1.82) is 0 Å². The quantitative estimate of drug-likeness (QED) is 0.881. The molecule has 1 amide bonds. The SMILES string of the molecule is Cl.O=C(C1CNC1)N1CCCC1c1ccncc1. The maximum atomic E-state index is 12.3. The molecule has 2 fully saturated rings. The third-order valence-corrected chi connectivity index (χ3v) is 3.76. The molecular formula is C13H18ClN3O. The minimum atomic E-state index is 0. The number of aromatic nitrogens is 1. The minimum absolute atomic E-state index is 0. The fraction of sp³-hybridized carbons (Fsp3) is 0.538. The zero-order valence-corrected chi connectivity index (χ0v) is 11.0. The molecule has 1 aromatic heterocycles. The fourth-order valence-electron chi connectivity index (χ4n) is 2.66. The molecule has 1 atom stereocenters. The molecule has 2 aliphatic heterocycles. The Labute approximate surface area is 113 Å². The Hall–Kier alpha value is -1.13. The van der Waals surface area contributed by atoms with Gasteiger partial charge in [0.1, 0.15) is 0 Å². The molecule has 2 saturated heterocycles. The number of hydrogen-bond donors (Lipinski definition) is 1. The fourth-order valence-corrected chi connectivity index (χ4v) is 2.66. The second kappa shape index (κ2) is 5.67. The predicted octanol–water partition coefficient (Wildman–Crippen LogP) is 1.39. The van der Waals surface area contributed by atoms with E-state index >= 15 is 0 Å². The van der Waals surface area contributed by atoms with Gasteiger partial charge in [-0.15, -0.1) is 12.4 Å². The second-order valence-electron chi connectivity index (χ2n) is 4.83. The van der Waals surface area contributed by atoms with Gasteiger partial charge in [-0.05, 0) is 30.5 Å². The van der Waals surface area contributed by atoms with Crippen LogP contribution in [0.2, 0.25) is 0 Å². The number of likely N-dealkylation sites (tertiary alicyclic amines) is 1. The van der Waals surface area contributed by atoms with Gasteiger partial charge in [0.2, 0.25) is 5.91 Å². The molecule has 0 aromatic carbocycles. The van der Waals surface area contributed by atoms with Crippen LogP contribution in [0.15, 0.2) is 24.5 Å². The van der Waals surface area contributed by atoms with E-state index in [2.05, 4.69) is 15.2 Å². The zero-order valence-electron chi connectivity index (χ0n) is 10.2. The van der Waals surface area contributed by atoms with Crippen molar-refractivity contribution >= 4 is 18.3 Å². The van der Waals surface area contributed by atoms with E-state index in [1.165, 1.54) is 5.56 Å². The average Bonchev–Trinajstić information content (AvgIpc) is 2.76. The summed E-state index contributed by atoms with van der Waals surface area (Å²) < 4.78 is 0. The zero-order chi connectivity index (χ0) is 11.7. The molecule has 0 spiro atoms. The van der Waals surface area contributed by atoms with E-state index in [1.54, 1.807) is 12.4 Å². The van der Waals surface area contributed by atoms with Crippen molar-refractivity contribution in [3.05, 3.63) is 30.1 Å². The normalized spacial score (nSPS) is 23.3. The minimum Gasteiger partial charge on any atom is -0.335 e. The lowest BCUT2D eigenvalue weighted by molar-refractivity contribution is -0.138. The van der Waals surface area contributed by atoms with Crippen molar-refractivity contribution in [2.75, 3.05) is 19.6 Å². The molecule has 0 saturated carbocycles. The van der Waals surface area contributed by atoms with Gasteiger partial charge in [-0.1, -0.05) is 0 Å². The van der Waals surface area contributed by atoms with Gasteiger partial charge >= 0.3 is 0 Å². The van der Waals surface area contributed by atoms with Crippen LogP contribution in [0.4, 0.5) is 0 Å². The lowest BCUT2D eigenvalue weighted by atomic mass is 10.00. The molecular weight excluding hydrogens is 250 g/mol. The Morgan fingerprint density at radius 3 is 2.67 bits per heavy atom. The summed E-state index contributed by atoms with van der Waals surface area (Å²) in [6.07, 6.45) is 5.80. The molecule has 3 rings (SSSR count). The first kappa shape index (κ1) is 13.3. The smallest absolute Gasteiger partial charge is 0.228 e. The highest BCUT2D eigenvalue weighted by atomic mass is 35.5. The molecule has 1 unspecified atom stereocenters. The molecule has 1 aromatic rings. The maximum absolute atomic E-state index is 12.3. The number of hydrogen-bond acceptors (Lipinski definition) is 3. The summed E-state index contributed by atoms with van der Waals surface area (Å²) in [5.41, 5.74) is 1.22. The monoisotopic (exact) mass is 267 g/mol. The Morgan fingerprint density at radius 2 is 2.06 bits per heavy atom. The van der Waals surface area contributed by atoms with E-state index in [9.17, 15) is 4.79 Å². The van der Waals surface area contributed by atoms with Crippen LogP contribution in [0.5, 0.6) is 0 Å². The van der Waals surface area contributed by atoms with Gasteiger partial charge in [-0.3, -0.25) is 9.78 Å². The Kier molecular flexibility index (Phi) is 4.19. The van der Waals surface area contributed by atoms with Crippen LogP contribution in [0.1, 0.15) is 24.4 Å². The van der Waals surface area contributed by atoms with Crippen molar-refractivity contribution in [2.45, 2.75) is 18.9 Å². The van der Waals surface area contributed by atoms with Crippen molar-refractivity contribution in [3.8, 4) is 0 Å². The lowest BCUT2D eigenvalue weighted by Gasteiger charge is -2.33. The summed E-state index contributed by atoms with van der Waals surface area (Å²) in [7, 11) is 0. The van der Waals surface area contributed by atoms with E-state index in [-0.39, 0.29) is 24.4 Å². The van der Waals surface area contributed by atoms with Crippen LogP contribution in [-0.4, -0.2) is 35.4 Å². The van der Waals surface area contributed by atoms with Crippen LogP contribution in [-0.2, 0) is 4.79 Å². The van der Waals surface area contributed by atoms with Crippen LogP contribution in [0, 0.1) is 5.92 Å². The summed E-state index contributed by atoms with van der Waals surface area (Å²) in [6, 6.07) is 4.32. The van der Waals surface area contributed by atoms with Crippen LogP contribution in [0.3, 0.4) is 0 Å². The molecule has 0 radical (unpaired) electrons. The highest BCUT2D eigenvalue weighted by Gasteiger charge is 2.35. The van der Waals surface area contributed by atoms with Crippen molar-refractivity contribution in [3.63, 3.8) is 0 Å². The number of amides is 1. The maximum Gasteiger partial charge on any atom is 0.228 e. The van der Waals surface area contributed by atoms with Gasteiger partial charge in [0.15, 0.2) is 0 Å². The molecule has 5 heteroatoms. The third-order valence-electron chi connectivity index (χ3n) is 3.76. The van der Waals surface area contributed by atoms with E-state index in [0.717, 1.165) is 32.5 Å². The van der Waals surface area contributed by atoms with Gasteiger partial charge in [0.25, 0.3) is 0 Å². The number of nitrogens with zero attached hydrogens (tertiary/aromatic N) is 2. The van der Waals surface area contributed by atoms with Gasteiger partial charge in [0.05, 0.1) is 12.0 Å². The first-order valence-electron chi connectivity index (χ1n) is 6.27. The number of rotatable bonds is 2. The molecule has 2 aliphatic rings. The largest absolute Gasteiger partial charge is 0.335 e. The van der Waals surface area contributed by atoms with Crippen molar-refractivity contribution < 1.29 is 4.79 Å².